The Morgan fingerprint density at radius 2 is 2.12 bits per heavy atom. The third-order valence-electron chi connectivity index (χ3n) is 3.41. The Balaban J connectivity index is 3.25. The van der Waals surface area contributed by atoms with Gasteiger partial charge in [0.05, 0.1) is 22.4 Å². The molecule has 1 aromatic rings. The molecule has 0 saturated carbocycles. The lowest BCUT2D eigenvalue weighted by molar-refractivity contribution is 0.221. The fourth-order valence-electron chi connectivity index (χ4n) is 1.91. The zero-order valence-corrected chi connectivity index (χ0v) is 12.9. The molecule has 0 bridgehead atoms. The van der Waals surface area contributed by atoms with Gasteiger partial charge in [0.1, 0.15) is 0 Å². The van der Waals surface area contributed by atoms with Gasteiger partial charge < -0.3 is 0 Å². The van der Waals surface area contributed by atoms with Gasteiger partial charge in [-0.25, -0.2) is 0 Å². The van der Waals surface area contributed by atoms with Crippen LogP contribution in [0.15, 0.2) is 10.7 Å². The van der Waals surface area contributed by atoms with E-state index in [0.29, 0.717) is 6.04 Å². The third-order valence-corrected chi connectivity index (χ3v) is 4.02. The second kappa shape index (κ2) is 5.50. The highest BCUT2D eigenvalue weighted by Gasteiger charge is 2.33. The van der Waals surface area contributed by atoms with Gasteiger partial charge in [-0.05, 0) is 41.6 Å². The Morgan fingerprint density at radius 1 is 1.53 bits per heavy atom. The molecule has 0 amide bonds. The second-order valence-corrected chi connectivity index (χ2v) is 6.21. The molecule has 5 heteroatoms. The van der Waals surface area contributed by atoms with Crippen molar-refractivity contribution in [3.05, 3.63) is 16.4 Å². The molecule has 0 spiro atoms. The number of rotatable bonds is 5. The Bertz CT molecular complexity index is 371. The number of halogens is 1. The van der Waals surface area contributed by atoms with Gasteiger partial charge in [-0.3, -0.25) is 16.0 Å². The molecule has 3 N–H and O–H groups in total. The summed E-state index contributed by atoms with van der Waals surface area (Å²) in [6.07, 6.45) is 2.88. The van der Waals surface area contributed by atoms with Crippen LogP contribution in [-0.4, -0.2) is 9.78 Å². The zero-order valence-electron chi connectivity index (χ0n) is 11.3. The van der Waals surface area contributed by atoms with E-state index in [9.17, 15) is 0 Å². The molecule has 1 heterocycles. The summed E-state index contributed by atoms with van der Waals surface area (Å²) >= 11 is 3.57. The number of nitrogens with zero attached hydrogens (tertiary/aromatic N) is 2. The first-order chi connectivity index (χ1) is 7.85. The number of nitrogens with one attached hydrogen (secondary N) is 1. The molecular formula is C12H23BrN4. The summed E-state index contributed by atoms with van der Waals surface area (Å²) < 4.78 is 3.03. The Labute approximate surface area is 112 Å². The predicted molar refractivity (Wildman–Crippen MR) is 74.4 cm³/mol. The van der Waals surface area contributed by atoms with E-state index in [4.69, 9.17) is 5.84 Å². The van der Waals surface area contributed by atoms with E-state index in [1.54, 1.807) is 0 Å². The van der Waals surface area contributed by atoms with Gasteiger partial charge in [-0.2, -0.15) is 5.10 Å². The van der Waals surface area contributed by atoms with Gasteiger partial charge >= 0.3 is 0 Å². The van der Waals surface area contributed by atoms with Crippen LogP contribution in [0.1, 0.15) is 58.8 Å². The minimum absolute atomic E-state index is 0.0734. The van der Waals surface area contributed by atoms with Crippen LogP contribution in [0.25, 0.3) is 0 Å². The molecule has 0 fully saturated rings. The molecule has 4 nitrogen and oxygen atoms in total. The van der Waals surface area contributed by atoms with E-state index in [2.05, 4.69) is 61.1 Å². The standard InChI is InChI=1S/C12H23BrN4/c1-6-12(4,5)11(16-14)10-9(13)7-15-17(10)8(2)3/h7-8,11,16H,6,14H2,1-5H3. The van der Waals surface area contributed by atoms with Crippen molar-refractivity contribution in [2.45, 2.75) is 53.1 Å². The number of aromatic nitrogens is 2. The first kappa shape index (κ1) is 14.7. The van der Waals surface area contributed by atoms with Crippen molar-refractivity contribution in [3.63, 3.8) is 0 Å². The van der Waals surface area contributed by atoms with Gasteiger partial charge in [-0.15, -0.1) is 0 Å². The third kappa shape index (κ3) is 2.89. The number of hydrogen-bond acceptors (Lipinski definition) is 3. The topological polar surface area (TPSA) is 55.9 Å². The average Bonchev–Trinajstić information content (AvgIpc) is 2.62. The molecule has 1 rings (SSSR count). The van der Waals surface area contributed by atoms with Crippen LogP contribution in [0, 0.1) is 5.41 Å². The average molecular weight is 303 g/mol. The molecule has 1 atom stereocenters. The Hall–Kier alpha value is -0.390. The SMILES string of the molecule is CCC(C)(C)C(NN)c1c(Br)cnn1C(C)C. The lowest BCUT2D eigenvalue weighted by Gasteiger charge is -2.34. The monoisotopic (exact) mass is 302 g/mol. The van der Waals surface area contributed by atoms with Crippen LogP contribution in [0.3, 0.4) is 0 Å². The molecule has 0 aliphatic rings. The lowest BCUT2D eigenvalue weighted by Crippen LogP contribution is -2.39. The molecule has 0 saturated heterocycles. The van der Waals surface area contributed by atoms with Crippen molar-refractivity contribution in [2.75, 3.05) is 0 Å². The quantitative estimate of drug-likeness (QED) is 0.649. The highest BCUT2D eigenvalue weighted by atomic mass is 79.9. The minimum atomic E-state index is 0.0734. The van der Waals surface area contributed by atoms with Crippen LogP contribution in [0.5, 0.6) is 0 Å². The van der Waals surface area contributed by atoms with Crippen molar-refractivity contribution in [1.82, 2.24) is 15.2 Å². The van der Waals surface area contributed by atoms with Crippen LogP contribution >= 0.6 is 15.9 Å². The lowest BCUT2D eigenvalue weighted by atomic mass is 9.80. The normalized spacial score (nSPS) is 14.4. The van der Waals surface area contributed by atoms with E-state index in [1.165, 1.54) is 0 Å². The highest BCUT2D eigenvalue weighted by Crippen LogP contribution is 2.39. The van der Waals surface area contributed by atoms with Crippen molar-refractivity contribution < 1.29 is 0 Å². The summed E-state index contributed by atoms with van der Waals surface area (Å²) in [6, 6.07) is 0.395. The van der Waals surface area contributed by atoms with E-state index in [1.807, 2.05) is 10.9 Å². The van der Waals surface area contributed by atoms with Crippen LogP contribution < -0.4 is 11.3 Å². The molecule has 1 aromatic heterocycles. The smallest absolute Gasteiger partial charge is 0.0717 e. The van der Waals surface area contributed by atoms with E-state index in [0.717, 1.165) is 16.6 Å². The van der Waals surface area contributed by atoms with Crippen molar-refractivity contribution >= 4 is 15.9 Å². The van der Waals surface area contributed by atoms with Gasteiger partial charge in [-0.1, -0.05) is 20.8 Å². The van der Waals surface area contributed by atoms with Crippen molar-refractivity contribution in [1.29, 1.82) is 0 Å². The van der Waals surface area contributed by atoms with Crippen molar-refractivity contribution in [3.8, 4) is 0 Å². The number of hydrogen-bond donors (Lipinski definition) is 2. The van der Waals surface area contributed by atoms with E-state index in [-0.39, 0.29) is 11.5 Å². The predicted octanol–water partition coefficient (Wildman–Crippen LogP) is 3.17. The number of hydrazine groups is 1. The summed E-state index contributed by atoms with van der Waals surface area (Å²) in [4.78, 5) is 0. The maximum absolute atomic E-state index is 5.75. The molecule has 17 heavy (non-hydrogen) atoms. The van der Waals surface area contributed by atoms with Crippen molar-refractivity contribution in [2.24, 2.45) is 11.3 Å². The molecule has 0 aliphatic carbocycles. The fourth-order valence-corrected chi connectivity index (χ4v) is 2.41. The first-order valence-corrected chi connectivity index (χ1v) is 6.83. The summed E-state index contributed by atoms with van der Waals surface area (Å²) in [5.41, 5.74) is 4.13. The van der Waals surface area contributed by atoms with Gasteiger partial charge in [0.25, 0.3) is 0 Å². The maximum atomic E-state index is 5.75. The van der Waals surface area contributed by atoms with Crippen LogP contribution in [0.4, 0.5) is 0 Å². The van der Waals surface area contributed by atoms with Gasteiger partial charge in [0.2, 0.25) is 0 Å². The fraction of sp³-hybridized carbons (Fsp3) is 0.750. The Morgan fingerprint density at radius 3 is 2.53 bits per heavy atom. The number of nitrogens with two attached hydrogens (primary N) is 1. The van der Waals surface area contributed by atoms with E-state index >= 15 is 0 Å². The summed E-state index contributed by atoms with van der Waals surface area (Å²) in [5, 5.41) is 4.41. The molecule has 0 aromatic carbocycles. The van der Waals surface area contributed by atoms with Crippen LogP contribution in [-0.2, 0) is 0 Å². The molecule has 0 aliphatic heterocycles. The minimum Gasteiger partial charge on any atom is -0.271 e. The van der Waals surface area contributed by atoms with E-state index < -0.39 is 0 Å². The van der Waals surface area contributed by atoms with Gasteiger partial charge in [0, 0.05) is 6.04 Å². The molecule has 0 radical (unpaired) electrons. The molecular weight excluding hydrogens is 280 g/mol. The Kier molecular flexibility index (Phi) is 4.75. The zero-order chi connectivity index (χ0) is 13.2. The highest BCUT2D eigenvalue weighted by molar-refractivity contribution is 9.10. The largest absolute Gasteiger partial charge is 0.271 e. The molecule has 98 valence electrons. The first-order valence-electron chi connectivity index (χ1n) is 6.04. The van der Waals surface area contributed by atoms with Crippen LogP contribution in [0.2, 0.25) is 0 Å². The molecule has 1 unspecified atom stereocenters. The second-order valence-electron chi connectivity index (χ2n) is 5.36. The summed E-state index contributed by atoms with van der Waals surface area (Å²) in [7, 11) is 0. The summed E-state index contributed by atoms with van der Waals surface area (Å²) in [5.74, 6) is 5.75. The summed E-state index contributed by atoms with van der Waals surface area (Å²) in [6.45, 7) is 10.8. The maximum Gasteiger partial charge on any atom is 0.0717 e. The van der Waals surface area contributed by atoms with Gasteiger partial charge in [0.15, 0.2) is 0 Å².